The number of nitriles is 1. The maximum absolute atomic E-state index is 12.8. The zero-order chi connectivity index (χ0) is 23.8. The summed E-state index contributed by atoms with van der Waals surface area (Å²) in [4.78, 5) is 17.3. The van der Waals surface area contributed by atoms with E-state index >= 15 is 0 Å². The van der Waals surface area contributed by atoms with E-state index in [-0.39, 0.29) is 0 Å². The molecule has 35 heavy (non-hydrogen) atoms. The van der Waals surface area contributed by atoms with E-state index in [0.717, 1.165) is 27.5 Å². The van der Waals surface area contributed by atoms with Crippen molar-refractivity contribution < 1.29 is 8.83 Å². The Morgan fingerprint density at radius 2 is 1.74 bits per heavy atom. The third kappa shape index (κ3) is 3.84. The molecular weight excluding hydrogens is 456 g/mol. The van der Waals surface area contributed by atoms with Gasteiger partial charge in [0.25, 0.3) is 0 Å². The Kier molecular flexibility index (Phi) is 5.10. The molecule has 166 valence electrons. The number of fused-ring (bicyclic) bond motifs is 3. The van der Waals surface area contributed by atoms with Gasteiger partial charge < -0.3 is 8.83 Å². The molecule has 0 aliphatic rings. The molecule has 0 N–H and O–H groups in total. The summed E-state index contributed by atoms with van der Waals surface area (Å²) < 4.78 is 11.5. The molecule has 0 fully saturated rings. The van der Waals surface area contributed by atoms with E-state index in [1.165, 1.54) is 11.3 Å². The molecule has 0 spiro atoms. The van der Waals surface area contributed by atoms with Crippen LogP contribution in [-0.4, -0.2) is 4.98 Å². The van der Waals surface area contributed by atoms with Crippen LogP contribution in [0.25, 0.3) is 56.0 Å². The average Bonchev–Trinajstić information content (AvgIpc) is 3.57. The molecule has 0 radical (unpaired) electrons. The lowest BCUT2D eigenvalue weighted by Crippen LogP contribution is -2.03. The molecular formula is C29H16N2O3S. The van der Waals surface area contributed by atoms with Gasteiger partial charge in [0.2, 0.25) is 0 Å². The van der Waals surface area contributed by atoms with Crippen LogP contribution in [0.1, 0.15) is 10.8 Å². The number of furan rings is 1. The lowest BCUT2D eigenvalue weighted by Gasteiger charge is -2.04. The van der Waals surface area contributed by atoms with Crippen LogP contribution in [0.4, 0.5) is 0 Å². The fraction of sp³-hybridized carbons (Fsp3) is 0. The molecule has 0 bridgehead atoms. The summed E-state index contributed by atoms with van der Waals surface area (Å²) in [6.07, 6.45) is 1.66. The van der Waals surface area contributed by atoms with E-state index in [0.29, 0.717) is 33.2 Å². The number of allylic oxidation sites excluding steroid dienone is 1. The molecule has 6 aromatic rings. The number of thiazole rings is 1. The van der Waals surface area contributed by atoms with Crippen molar-refractivity contribution in [1.82, 2.24) is 4.98 Å². The van der Waals surface area contributed by atoms with Crippen LogP contribution in [0, 0.1) is 11.3 Å². The van der Waals surface area contributed by atoms with E-state index in [4.69, 9.17) is 8.83 Å². The minimum atomic E-state index is -0.467. The molecule has 0 saturated heterocycles. The molecule has 3 aromatic heterocycles. The predicted octanol–water partition coefficient (Wildman–Crippen LogP) is 7.39. The normalized spacial score (nSPS) is 11.7. The van der Waals surface area contributed by atoms with Gasteiger partial charge >= 0.3 is 5.63 Å². The van der Waals surface area contributed by atoms with Gasteiger partial charge in [-0.25, -0.2) is 9.78 Å². The van der Waals surface area contributed by atoms with E-state index < -0.39 is 5.63 Å². The third-order valence-corrected chi connectivity index (χ3v) is 6.62. The number of aromatic nitrogens is 1. The number of nitrogens with zero attached hydrogens (tertiary/aromatic N) is 2. The van der Waals surface area contributed by atoms with Crippen molar-refractivity contribution in [2.45, 2.75) is 0 Å². The average molecular weight is 473 g/mol. The Bertz CT molecular complexity index is 1840. The second-order valence-corrected chi connectivity index (χ2v) is 8.78. The smallest absolute Gasteiger partial charge is 0.345 e. The maximum Gasteiger partial charge on any atom is 0.345 e. The Morgan fingerprint density at radius 3 is 2.60 bits per heavy atom. The van der Waals surface area contributed by atoms with Gasteiger partial charge in [0.05, 0.1) is 16.8 Å². The molecule has 0 aliphatic heterocycles. The molecule has 5 nitrogen and oxygen atoms in total. The minimum Gasteiger partial charge on any atom is -0.457 e. The Balaban J connectivity index is 1.38. The van der Waals surface area contributed by atoms with Crippen molar-refractivity contribution in [3.63, 3.8) is 0 Å². The number of hydrogen-bond donors (Lipinski definition) is 0. The highest BCUT2D eigenvalue weighted by molar-refractivity contribution is 7.11. The quantitative estimate of drug-likeness (QED) is 0.152. The summed E-state index contributed by atoms with van der Waals surface area (Å²) in [5.74, 6) is 1.27. The summed E-state index contributed by atoms with van der Waals surface area (Å²) in [6, 6.07) is 29.1. The van der Waals surface area contributed by atoms with Crippen LogP contribution in [0.5, 0.6) is 0 Å². The molecule has 6 rings (SSSR count). The SMILES string of the molecule is N#CC(=Cc1ccc(-c2ccccc2)o1)c1nc(-c2cc3c(ccc4ccccc43)oc2=O)cs1. The Hall–Kier alpha value is -4.73. The molecule has 0 amide bonds. The number of benzene rings is 3. The fourth-order valence-corrected chi connectivity index (χ4v) is 4.83. The van der Waals surface area contributed by atoms with Gasteiger partial charge in [-0.15, -0.1) is 11.3 Å². The molecule has 0 unspecified atom stereocenters. The van der Waals surface area contributed by atoms with Crippen molar-refractivity contribution in [1.29, 1.82) is 5.26 Å². The zero-order valence-electron chi connectivity index (χ0n) is 18.3. The van der Waals surface area contributed by atoms with Crippen molar-refractivity contribution >= 4 is 44.7 Å². The predicted molar refractivity (Wildman–Crippen MR) is 139 cm³/mol. The summed E-state index contributed by atoms with van der Waals surface area (Å²) >= 11 is 1.29. The molecule has 3 aromatic carbocycles. The maximum atomic E-state index is 12.8. The molecule has 6 heteroatoms. The van der Waals surface area contributed by atoms with Crippen LogP contribution in [0.3, 0.4) is 0 Å². The summed E-state index contributed by atoms with van der Waals surface area (Å²) in [5.41, 5.74) is 2.20. The van der Waals surface area contributed by atoms with E-state index in [2.05, 4.69) is 11.1 Å². The van der Waals surface area contributed by atoms with Crippen molar-refractivity contribution in [2.24, 2.45) is 0 Å². The van der Waals surface area contributed by atoms with Crippen LogP contribution in [0.2, 0.25) is 0 Å². The van der Waals surface area contributed by atoms with Crippen LogP contribution >= 0.6 is 11.3 Å². The molecule has 0 saturated carbocycles. The largest absolute Gasteiger partial charge is 0.457 e. The lowest BCUT2D eigenvalue weighted by molar-refractivity contribution is 0.563. The second-order valence-electron chi connectivity index (χ2n) is 7.92. The zero-order valence-corrected chi connectivity index (χ0v) is 19.1. The third-order valence-electron chi connectivity index (χ3n) is 5.74. The molecule has 3 heterocycles. The first kappa shape index (κ1) is 20.8. The van der Waals surface area contributed by atoms with Crippen LogP contribution < -0.4 is 5.63 Å². The summed E-state index contributed by atoms with van der Waals surface area (Å²) in [7, 11) is 0. The summed E-state index contributed by atoms with van der Waals surface area (Å²) in [6.45, 7) is 0. The highest BCUT2D eigenvalue weighted by Gasteiger charge is 2.15. The van der Waals surface area contributed by atoms with Gasteiger partial charge in [0.15, 0.2) is 0 Å². The number of rotatable bonds is 4. The van der Waals surface area contributed by atoms with Gasteiger partial charge in [-0.1, -0.05) is 60.7 Å². The van der Waals surface area contributed by atoms with Crippen molar-refractivity contribution in [2.75, 3.05) is 0 Å². The Labute approximate surface area is 203 Å². The summed E-state index contributed by atoms with van der Waals surface area (Å²) in [5, 5.41) is 14.9. The van der Waals surface area contributed by atoms with Gasteiger partial charge in [0, 0.05) is 22.4 Å². The van der Waals surface area contributed by atoms with E-state index in [1.807, 2.05) is 78.9 Å². The van der Waals surface area contributed by atoms with Gasteiger partial charge in [-0.2, -0.15) is 5.26 Å². The first-order valence-electron chi connectivity index (χ1n) is 10.9. The highest BCUT2D eigenvalue weighted by Crippen LogP contribution is 2.31. The molecule has 0 atom stereocenters. The van der Waals surface area contributed by atoms with Crippen molar-refractivity contribution in [3.8, 4) is 28.7 Å². The highest BCUT2D eigenvalue weighted by atomic mass is 32.1. The standard InChI is InChI=1S/C29H16N2O3S/c30-16-20(14-21-11-13-26(33-21)19-7-2-1-3-8-19)28-31-25(17-35-28)24-15-23-22-9-5-4-6-18(22)10-12-27(23)34-29(24)32/h1-15,17H. The van der Waals surface area contributed by atoms with E-state index in [1.54, 1.807) is 17.5 Å². The second kappa shape index (κ2) is 8.56. The van der Waals surface area contributed by atoms with Gasteiger partial charge in [0.1, 0.15) is 28.2 Å². The topological polar surface area (TPSA) is 80.0 Å². The van der Waals surface area contributed by atoms with Crippen molar-refractivity contribution in [3.05, 3.63) is 111 Å². The molecule has 0 aliphatic carbocycles. The lowest BCUT2D eigenvalue weighted by atomic mass is 10.0. The fourth-order valence-electron chi connectivity index (χ4n) is 4.04. The Morgan fingerprint density at radius 1 is 0.914 bits per heavy atom. The van der Waals surface area contributed by atoms with Gasteiger partial charge in [-0.05, 0) is 35.0 Å². The minimum absolute atomic E-state index is 0.353. The monoisotopic (exact) mass is 472 g/mol. The first-order chi connectivity index (χ1) is 17.2. The van der Waals surface area contributed by atoms with Crippen LogP contribution in [-0.2, 0) is 0 Å². The number of hydrogen-bond acceptors (Lipinski definition) is 6. The van der Waals surface area contributed by atoms with Gasteiger partial charge in [-0.3, -0.25) is 0 Å². The van der Waals surface area contributed by atoms with E-state index in [9.17, 15) is 10.1 Å². The van der Waals surface area contributed by atoms with Crippen LogP contribution in [0.15, 0.2) is 104 Å². The first-order valence-corrected chi connectivity index (χ1v) is 11.8.